The van der Waals surface area contributed by atoms with Gasteiger partial charge in [0.1, 0.15) is 0 Å². The summed E-state index contributed by atoms with van der Waals surface area (Å²) in [5.74, 6) is -1.22. The van der Waals surface area contributed by atoms with Crippen LogP contribution in [0.25, 0.3) is 6.08 Å². The molecule has 0 saturated heterocycles. The first-order valence-corrected chi connectivity index (χ1v) is 8.67. The van der Waals surface area contributed by atoms with Crippen molar-refractivity contribution in [1.29, 1.82) is 0 Å². The monoisotopic (exact) mass is 349 g/mol. The summed E-state index contributed by atoms with van der Waals surface area (Å²) in [6.07, 6.45) is 3.87. The number of sulfone groups is 1. The van der Waals surface area contributed by atoms with Gasteiger partial charge < -0.3 is 5.32 Å². The number of nitrogens with one attached hydrogen (secondary N) is 3. The zero-order valence-corrected chi connectivity index (χ0v) is 13.5. The van der Waals surface area contributed by atoms with Crippen LogP contribution in [-0.4, -0.2) is 48.2 Å². The second kappa shape index (κ2) is 7.51. The lowest BCUT2D eigenvalue weighted by Gasteiger charge is -2.01. The summed E-state index contributed by atoms with van der Waals surface area (Å²) in [5.41, 5.74) is 0.853. The fourth-order valence-electron chi connectivity index (χ4n) is 1.60. The summed E-state index contributed by atoms with van der Waals surface area (Å²) in [6, 6.07) is 9.21. The SMILES string of the molecule is CS(=O)(=O)c1nc(NC(=O)CNC(=O)C=Cc2ccccc2)n[nH]1. The second-order valence-electron chi connectivity index (χ2n) is 4.75. The summed E-state index contributed by atoms with van der Waals surface area (Å²) in [4.78, 5) is 26.9. The van der Waals surface area contributed by atoms with Crippen molar-refractivity contribution in [2.75, 3.05) is 18.1 Å². The van der Waals surface area contributed by atoms with Gasteiger partial charge in [-0.05, 0) is 11.6 Å². The van der Waals surface area contributed by atoms with E-state index in [4.69, 9.17) is 0 Å². The lowest BCUT2D eigenvalue weighted by atomic mass is 10.2. The molecule has 3 N–H and O–H groups in total. The normalized spacial score (nSPS) is 11.4. The first kappa shape index (κ1) is 17.3. The fraction of sp³-hybridized carbons (Fsp3) is 0.143. The summed E-state index contributed by atoms with van der Waals surface area (Å²) in [6.45, 7) is -0.305. The molecule has 9 nitrogen and oxygen atoms in total. The number of aromatic nitrogens is 3. The molecule has 0 atom stereocenters. The number of hydrogen-bond donors (Lipinski definition) is 3. The molecule has 0 radical (unpaired) electrons. The molecule has 0 spiro atoms. The van der Waals surface area contributed by atoms with Crippen LogP contribution < -0.4 is 10.6 Å². The van der Waals surface area contributed by atoms with E-state index in [2.05, 4.69) is 25.8 Å². The lowest BCUT2D eigenvalue weighted by Crippen LogP contribution is -2.32. The Balaban J connectivity index is 1.81. The van der Waals surface area contributed by atoms with Crippen LogP contribution in [0.3, 0.4) is 0 Å². The van der Waals surface area contributed by atoms with Crippen molar-refractivity contribution in [3.63, 3.8) is 0 Å². The number of carbonyl (C=O) groups excluding carboxylic acids is 2. The Morgan fingerprint density at radius 1 is 1.25 bits per heavy atom. The summed E-state index contributed by atoms with van der Waals surface area (Å²) in [7, 11) is -3.54. The van der Waals surface area contributed by atoms with Crippen LogP contribution in [0.15, 0.2) is 41.6 Å². The Morgan fingerprint density at radius 2 is 1.96 bits per heavy atom. The van der Waals surface area contributed by atoms with E-state index in [-0.39, 0.29) is 17.6 Å². The van der Waals surface area contributed by atoms with E-state index in [1.165, 1.54) is 6.08 Å². The summed E-state index contributed by atoms with van der Waals surface area (Å²) < 4.78 is 22.4. The molecule has 1 aromatic carbocycles. The quantitative estimate of drug-likeness (QED) is 0.627. The smallest absolute Gasteiger partial charge is 0.249 e. The van der Waals surface area contributed by atoms with Gasteiger partial charge in [-0.3, -0.25) is 14.9 Å². The van der Waals surface area contributed by atoms with Crippen LogP contribution in [0.4, 0.5) is 5.95 Å². The average Bonchev–Trinajstić information content (AvgIpc) is 3.00. The predicted octanol–water partition coefficient (Wildman–Crippen LogP) is -0.0237. The van der Waals surface area contributed by atoms with E-state index in [0.717, 1.165) is 11.8 Å². The van der Waals surface area contributed by atoms with Crippen molar-refractivity contribution in [3.05, 3.63) is 42.0 Å². The third-order valence-corrected chi connectivity index (χ3v) is 3.60. The van der Waals surface area contributed by atoms with Crippen LogP contribution in [0.1, 0.15) is 5.56 Å². The van der Waals surface area contributed by atoms with Crippen molar-refractivity contribution in [1.82, 2.24) is 20.5 Å². The van der Waals surface area contributed by atoms with Gasteiger partial charge in [0.2, 0.25) is 32.8 Å². The minimum Gasteiger partial charge on any atom is -0.343 e. The van der Waals surface area contributed by atoms with Gasteiger partial charge in [0.05, 0.1) is 6.54 Å². The highest BCUT2D eigenvalue weighted by Crippen LogP contribution is 2.04. The molecule has 2 aromatic rings. The molecule has 2 rings (SSSR count). The third-order valence-electron chi connectivity index (χ3n) is 2.72. The molecule has 0 bridgehead atoms. The second-order valence-corrected chi connectivity index (χ2v) is 6.68. The van der Waals surface area contributed by atoms with Gasteiger partial charge in [-0.15, -0.1) is 5.10 Å². The highest BCUT2D eigenvalue weighted by atomic mass is 32.2. The fourth-order valence-corrected chi connectivity index (χ4v) is 2.06. The number of benzene rings is 1. The van der Waals surface area contributed by atoms with Gasteiger partial charge in [-0.1, -0.05) is 30.3 Å². The molecule has 126 valence electrons. The Labute approximate surface area is 138 Å². The predicted molar refractivity (Wildman–Crippen MR) is 86.6 cm³/mol. The molecule has 24 heavy (non-hydrogen) atoms. The molecule has 1 heterocycles. The number of amides is 2. The molecule has 0 fully saturated rings. The maximum atomic E-state index is 11.7. The molecule has 0 unspecified atom stereocenters. The average molecular weight is 349 g/mol. The Kier molecular flexibility index (Phi) is 5.42. The highest BCUT2D eigenvalue weighted by molar-refractivity contribution is 7.90. The molecule has 0 saturated carbocycles. The van der Waals surface area contributed by atoms with Gasteiger partial charge >= 0.3 is 0 Å². The minimum absolute atomic E-state index is 0.186. The number of anilines is 1. The van der Waals surface area contributed by atoms with Crippen molar-refractivity contribution in [2.45, 2.75) is 5.16 Å². The topological polar surface area (TPSA) is 134 Å². The standard InChI is InChI=1S/C14H15N5O4S/c1-24(22,23)14-17-13(18-19-14)16-12(21)9-15-11(20)8-7-10-5-3-2-4-6-10/h2-8H,9H2,1H3,(H,15,20)(H2,16,17,18,19,21). The van der Waals surface area contributed by atoms with Gasteiger partial charge in [0.25, 0.3) is 0 Å². The zero-order chi connectivity index (χ0) is 17.6. The maximum Gasteiger partial charge on any atom is 0.249 e. The van der Waals surface area contributed by atoms with Crippen LogP contribution >= 0.6 is 0 Å². The number of hydrogen-bond acceptors (Lipinski definition) is 6. The Morgan fingerprint density at radius 3 is 2.58 bits per heavy atom. The first-order valence-electron chi connectivity index (χ1n) is 6.78. The largest absolute Gasteiger partial charge is 0.343 e. The van der Waals surface area contributed by atoms with Crippen molar-refractivity contribution in [2.24, 2.45) is 0 Å². The molecular formula is C14H15N5O4S. The van der Waals surface area contributed by atoms with Gasteiger partial charge in [-0.2, -0.15) is 4.98 Å². The Hall–Kier alpha value is -3.01. The number of aromatic amines is 1. The van der Waals surface area contributed by atoms with E-state index in [9.17, 15) is 18.0 Å². The van der Waals surface area contributed by atoms with Crippen LogP contribution in [0.2, 0.25) is 0 Å². The van der Waals surface area contributed by atoms with E-state index in [1.54, 1.807) is 6.08 Å². The molecule has 10 heteroatoms. The summed E-state index contributed by atoms with van der Waals surface area (Å²) in [5, 5.41) is 10.0. The Bertz CT molecular complexity index is 858. The van der Waals surface area contributed by atoms with E-state index < -0.39 is 21.7 Å². The highest BCUT2D eigenvalue weighted by Gasteiger charge is 2.14. The van der Waals surface area contributed by atoms with Gasteiger partial charge in [-0.25, -0.2) is 13.5 Å². The van der Waals surface area contributed by atoms with Crippen LogP contribution in [-0.2, 0) is 19.4 Å². The zero-order valence-electron chi connectivity index (χ0n) is 12.7. The van der Waals surface area contributed by atoms with E-state index >= 15 is 0 Å². The minimum atomic E-state index is -3.54. The van der Waals surface area contributed by atoms with E-state index in [0.29, 0.717) is 0 Å². The van der Waals surface area contributed by atoms with Crippen molar-refractivity contribution in [3.8, 4) is 0 Å². The van der Waals surface area contributed by atoms with Crippen LogP contribution in [0, 0.1) is 0 Å². The lowest BCUT2D eigenvalue weighted by molar-refractivity contribution is -0.121. The molecule has 1 aromatic heterocycles. The van der Waals surface area contributed by atoms with E-state index in [1.807, 2.05) is 30.3 Å². The van der Waals surface area contributed by atoms with Crippen molar-refractivity contribution < 1.29 is 18.0 Å². The van der Waals surface area contributed by atoms with Gasteiger partial charge in [0, 0.05) is 12.3 Å². The summed E-state index contributed by atoms with van der Waals surface area (Å²) >= 11 is 0. The molecule has 2 amide bonds. The first-order chi connectivity index (χ1) is 11.3. The number of H-pyrrole nitrogens is 1. The third kappa shape index (κ3) is 5.32. The molecular weight excluding hydrogens is 334 g/mol. The van der Waals surface area contributed by atoms with Gasteiger partial charge in [0.15, 0.2) is 0 Å². The molecule has 0 aliphatic heterocycles. The maximum absolute atomic E-state index is 11.7. The number of carbonyl (C=O) groups is 2. The number of rotatable bonds is 6. The van der Waals surface area contributed by atoms with Crippen molar-refractivity contribution >= 4 is 33.7 Å². The molecule has 0 aliphatic carbocycles. The number of nitrogens with zero attached hydrogens (tertiary/aromatic N) is 2. The van der Waals surface area contributed by atoms with Crippen LogP contribution in [0.5, 0.6) is 0 Å². The molecule has 0 aliphatic rings.